The largest absolute Gasteiger partial charge is 0.353 e. The predicted molar refractivity (Wildman–Crippen MR) is 87.2 cm³/mol. The van der Waals surface area contributed by atoms with Crippen LogP contribution in [0, 0.1) is 5.92 Å². The number of nitrogens with one attached hydrogen (secondary N) is 2. The molecule has 0 spiro atoms. The molecule has 1 saturated carbocycles. The van der Waals surface area contributed by atoms with E-state index in [1.807, 2.05) is 4.57 Å². The fourth-order valence-corrected chi connectivity index (χ4v) is 1.97. The lowest BCUT2D eigenvalue weighted by atomic mass is 10.2. The van der Waals surface area contributed by atoms with Gasteiger partial charge in [-0.1, -0.05) is 13.8 Å². The molecule has 2 N–H and O–H groups in total. The van der Waals surface area contributed by atoms with E-state index in [0.29, 0.717) is 19.0 Å². The van der Waals surface area contributed by atoms with Gasteiger partial charge in [-0.2, -0.15) is 0 Å². The molecule has 0 aromatic carbocycles. The van der Waals surface area contributed by atoms with E-state index in [0.717, 1.165) is 24.8 Å². The molecule has 1 aliphatic carbocycles. The molecule has 0 unspecified atom stereocenters. The molecular formula is C13H25Cl2N5O. The van der Waals surface area contributed by atoms with Gasteiger partial charge < -0.3 is 15.2 Å². The van der Waals surface area contributed by atoms with Crippen LogP contribution in [0.4, 0.5) is 0 Å². The Balaban J connectivity index is 0.00000200. The highest BCUT2D eigenvalue weighted by molar-refractivity contribution is 5.85. The normalized spacial score (nSPS) is 13.5. The molecule has 1 aliphatic rings. The van der Waals surface area contributed by atoms with Crippen molar-refractivity contribution in [2.75, 3.05) is 19.6 Å². The third-order valence-electron chi connectivity index (χ3n) is 3.25. The van der Waals surface area contributed by atoms with Crippen LogP contribution in [0.5, 0.6) is 0 Å². The molecule has 0 atom stereocenters. The maximum atomic E-state index is 11.6. The van der Waals surface area contributed by atoms with E-state index < -0.39 is 0 Å². The zero-order valence-corrected chi connectivity index (χ0v) is 14.2. The second-order valence-corrected chi connectivity index (χ2v) is 5.46. The van der Waals surface area contributed by atoms with Crippen LogP contribution < -0.4 is 10.6 Å². The first kappa shape index (κ1) is 20.1. The fourth-order valence-electron chi connectivity index (χ4n) is 1.97. The molecule has 0 aliphatic heterocycles. The minimum Gasteiger partial charge on any atom is -0.353 e. The second kappa shape index (κ2) is 9.97. The summed E-state index contributed by atoms with van der Waals surface area (Å²) < 4.78 is 1.99. The van der Waals surface area contributed by atoms with Crippen molar-refractivity contribution < 1.29 is 4.79 Å². The topological polar surface area (TPSA) is 71.8 Å². The standard InChI is InChI=1S/C13H23N5O.2ClH/c1-10(2)13-17-16-9-18(13)6-5-15-12(19)8-14-7-11-3-4-11;;/h9-11,14H,3-8H2,1-2H3,(H,15,19);2*1H. The maximum Gasteiger partial charge on any atom is 0.234 e. The van der Waals surface area contributed by atoms with Crippen LogP contribution in [0.3, 0.4) is 0 Å². The summed E-state index contributed by atoms with van der Waals surface area (Å²) in [6, 6.07) is 0. The Hall–Kier alpha value is -0.850. The summed E-state index contributed by atoms with van der Waals surface area (Å²) in [6.45, 7) is 6.88. The highest BCUT2D eigenvalue weighted by Crippen LogP contribution is 2.27. The lowest BCUT2D eigenvalue weighted by molar-refractivity contribution is -0.120. The van der Waals surface area contributed by atoms with Gasteiger partial charge in [-0.3, -0.25) is 4.79 Å². The summed E-state index contributed by atoms with van der Waals surface area (Å²) in [5.41, 5.74) is 0. The minimum absolute atomic E-state index is 0. The molecular weight excluding hydrogens is 313 g/mol. The van der Waals surface area contributed by atoms with Crippen LogP contribution in [-0.2, 0) is 11.3 Å². The van der Waals surface area contributed by atoms with Crippen molar-refractivity contribution in [3.05, 3.63) is 12.2 Å². The monoisotopic (exact) mass is 337 g/mol. The van der Waals surface area contributed by atoms with Crippen LogP contribution >= 0.6 is 24.8 Å². The molecule has 0 radical (unpaired) electrons. The van der Waals surface area contributed by atoms with Crippen molar-refractivity contribution in [1.29, 1.82) is 0 Å². The Kier molecular flexibility index (Phi) is 9.57. The quantitative estimate of drug-likeness (QED) is 0.751. The summed E-state index contributed by atoms with van der Waals surface area (Å²) in [5, 5.41) is 14.1. The number of carbonyl (C=O) groups excluding carboxylic acids is 1. The van der Waals surface area contributed by atoms with Gasteiger partial charge in [0.1, 0.15) is 12.2 Å². The van der Waals surface area contributed by atoms with Gasteiger partial charge >= 0.3 is 0 Å². The highest BCUT2D eigenvalue weighted by Gasteiger charge is 2.20. The Morgan fingerprint density at radius 2 is 2.14 bits per heavy atom. The molecule has 0 saturated heterocycles. The molecule has 21 heavy (non-hydrogen) atoms. The van der Waals surface area contributed by atoms with Crippen LogP contribution in [0.25, 0.3) is 0 Å². The molecule has 1 heterocycles. The predicted octanol–water partition coefficient (Wildman–Crippen LogP) is 1.36. The number of halogens is 2. The first-order valence-corrected chi connectivity index (χ1v) is 7.02. The highest BCUT2D eigenvalue weighted by atomic mass is 35.5. The van der Waals surface area contributed by atoms with Gasteiger partial charge in [0.05, 0.1) is 6.54 Å². The number of hydrogen-bond donors (Lipinski definition) is 2. The van der Waals surface area contributed by atoms with Gasteiger partial charge in [0.2, 0.25) is 5.91 Å². The Bertz CT molecular complexity index is 420. The summed E-state index contributed by atoms with van der Waals surface area (Å²) in [6.07, 6.45) is 4.33. The first-order chi connectivity index (χ1) is 9.16. The molecule has 0 bridgehead atoms. The number of rotatable bonds is 8. The zero-order valence-electron chi connectivity index (χ0n) is 12.5. The van der Waals surface area contributed by atoms with Gasteiger partial charge in [-0.05, 0) is 25.3 Å². The average Bonchev–Trinajstić information content (AvgIpc) is 3.05. The van der Waals surface area contributed by atoms with Crippen molar-refractivity contribution in [3.8, 4) is 0 Å². The van der Waals surface area contributed by atoms with E-state index in [9.17, 15) is 4.79 Å². The third kappa shape index (κ3) is 7.11. The van der Waals surface area contributed by atoms with Gasteiger partial charge in [0.15, 0.2) is 0 Å². The van der Waals surface area contributed by atoms with Crippen LogP contribution in [0.1, 0.15) is 38.4 Å². The number of hydrogen-bond acceptors (Lipinski definition) is 4. The van der Waals surface area contributed by atoms with Crippen molar-refractivity contribution >= 4 is 30.7 Å². The molecule has 6 nitrogen and oxygen atoms in total. The summed E-state index contributed by atoms with van der Waals surface area (Å²) in [5.74, 6) is 2.16. The Morgan fingerprint density at radius 1 is 1.43 bits per heavy atom. The van der Waals surface area contributed by atoms with Crippen molar-refractivity contribution in [2.45, 2.75) is 39.2 Å². The zero-order chi connectivity index (χ0) is 13.7. The van der Waals surface area contributed by atoms with E-state index in [-0.39, 0.29) is 30.7 Å². The third-order valence-corrected chi connectivity index (χ3v) is 3.25. The molecule has 1 fully saturated rings. The SMILES string of the molecule is CC(C)c1nncn1CCNC(=O)CNCC1CC1.Cl.Cl. The lowest BCUT2D eigenvalue weighted by Crippen LogP contribution is -2.36. The van der Waals surface area contributed by atoms with Crippen LogP contribution in [0.2, 0.25) is 0 Å². The first-order valence-electron chi connectivity index (χ1n) is 7.02. The minimum atomic E-state index is 0. The smallest absolute Gasteiger partial charge is 0.234 e. The van der Waals surface area contributed by atoms with Crippen molar-refractivity contribution in [1.82, 2.24) is 25.4 Å². The van der Waals surface area contributed by atoms with E-state index in [2.05, 4.69) is 34.7 Å². The second-order valence-electron chi connectivity index (χ2n) is 5.46. The van der Waals surface area contributed by atoms with Gasteiger partial charge in [0, 0.05) is 19.0 Å². The Labute approximate surface area is 138 Å². The van der Waals surface area contributed by atoms with Crippen molar-refractivity contribution in [2.24, 2.45) is 5.92 Å². The molecule has 1 aromatic rings. The fraction of sp³-hybridized carbons (Fsp3) is 0.769. The lowest BCUT2D eigenvalue weighted by Gasteiger charge is -2.10. The Morgan fingerprint density at radius 3 is 2.76 bits per heavy atom. The van der Waals surface area contributed by atoms with E-state index in [1.165, 1.54) is 12.8 Å². The maximum absolute atomic E-state index is 11.6. The number of nitrogens with zero attached hydrogens (tertiary/aromatic N) is 3. The summed E-state index contributed by atoms with van der Waals surface area (Å²) in [4.78, 5) is 11.6. The van der Waals surface area contributed by atoms with Gasteiger partial charge in [0.25, 0.3) is 0 Å². The molecule has 8 heteroatoms. The summed E-state index contributed by atoms with van der Waals surface area (Å²) >= 11 is 0. The van der Waals surface area contributed by atoms with E-state index >= 15 is 0 Å². The number of amides is 1. The molecule has 2 rings (SSSR count). The number of carbonyl (C=O) groups is 1. The van der Waals surface area contributed by atoms with Crippen LogP contribution in [-0.4, -0.2) is 40.3 Å². The van der Waals surface area contributed by atoms with E-state index in [1.54, 1.807) is 6.33 Å². The van der Waals surface area contributed by atoms with E-state index in [4.69, 9.17) is 0 Å². The van der Waals surface area contributed by atoms with Crippen molar-refractivity contribution in [3.63, 3.8) is 0 Å². The van der Waals surface area contributed by atoms with Gasteiger partial charge in [-0.15, -0.1) is 35.0 Å². The van der Waals surface area contributed by atoms with Gasteiger partial charge in [-0.25, -0.2) is 0 Å². The molecule has 1 aromatic heterocycles. The molecule has 122 valence electrons. The average molecular weight is 338 g/mol. The summed E-state index contributed by atoms with van der Waals surface area (Å²) in [7, 11) is 0. The number of aromatic nitrogens is 3. The molecule has 1 amide bonds. The van der Waals surface area contributed by atoms with Crippen LogP contribution in [0.15, 0.2) is 6.33 Å².